The van der Waals surface area contributed by atoms with E-state index in [-0.39, 0.29) is 35.3 Å². The molecule has 0 bridgehead atoms. The van der Waals surface area contributed by atoms with Crippen molar-refractivity contribution in [3.63, 3.8) is 0 Å². The maximum absolute atomic E-state index is 12.3. The molecule has 1 aliphatic carbocycles. The van der Waals surface area contributed by atoms with Crippen molar-refractivity contribution in [2.24, 2.45) is 5.92 Å². The average molecular weight is 343 g/mol. The highest BCUT2D eigenvalue weighted by Crippen LogP contribution is 2.38. The Hall–Kier alpha value is -2.77. The Balaban J connectivity index is 1.76. The monoisotopic (exact) mass is 343 g/mol. The zero-order valence-corrected chi connectivity index (χ0v) is 14.2. The van der Waals surface area contributed by atoms with Crippen LogP contribution in [0.3, 0.4) is 0 Å². The number of aromatic nitrogens is 4. The molecule has 3 rings (SSSR count). The van der Waals surface area contributed by atoms with Gasteiger partial charge in [-0.3, -0.25) is 14.4 Å². The summed E-state index contributed by atoms with van der Waals surface area (Å²) in [6, 6.07) is 5.63. The maximum atomic E-state index is 12.3. The van der Waals surface area contributed by atoms with E-state index in [0.29, 0.717) is 5.92 Å². The molecule has 1 amide bonds. The highest BCUT2D eigenvalue weighted by Gasteiger charge is 2.26. The molecule has 2 N–H and O–H groups in total. The predicted molar refractivity (Wildman–Crippen MR) is 91.4 cm³/mol. The molecular weight excluding hydrogens is 322 g/mol. The molecule has 25 heavy (non-hydrogen) atoms. The van der Waals surface area contributed by atoms with Crippen molar-refractivity contribution in [3.05, 3.63) is 56.4 Å². The molecule has 1 atom stereocenters. The third-order valence-corrected chi connectivity index (χ3v) is 4.29. The van der Waals surface area contributed by atoms with Crippen LogP contribution in [0.15, 0.2) is 33.9 Å². The summed E-state index contributed by atoms with van der Waals surface area (Å²) in [4.78, 5) is 35.5. The van der Waals surface area contributed by atoms with Gasteiger partial charge in [-0.25, -0.2) is 9.78 Å². The number of amides is 1. The number of hydrogen-bond acceptors (Lipinski definition) is 5. The quantitative estimate of drug-likeness (QED) is 0.800. The lowest BCUT2D eigenvalue weighted by Gasteiger charge is -2.22. The second-order valence-electron chi connectivity index (χ2n) is 6.68. The minimum absolute atomic E-state index is 0.0880. The van der Waals surface area contributed by atoms with Crippen LogP contribution in [0, 0.1) is 5.92 Å². The lowest BCUT2D eigenvalue weighted by Crippen LogP contribution is -2.44. The number of hydrogen-bond donors (Lipinski definition) is 2. The van der Waals surface area contributed by atoms with Gasteiger partial charge in [0, 0.05) is 18.1 Å². The van der Waals surface area contributed by atoms with Gasteiger partial charge in [-0.15, -0.1) is 0 Å². The summed E-state index contributed by atoms with van der Waals surface area (Å²) in [7, 11) is 0. The SMILES string of the molecule is CC(C)[C@@H](Cn1nc(C2CC2)ccc1=O)NC(=O)c1ccc(=O)[nH]n1. The van der Waals surface area contributed by atoms with E-state index in [9.17, 15) is 14.4 Å². The molecule has 0 spiro atoms. The number of carbonyl (C=O) groups is 1. The Bertz CT molecular complexity index is 862. The molecule has 132 valence electrons. The standard InChI is InChI=1S/C17H21N5O3/c1-10(2)14(18-17(25)13-5-7-15(23)20-19-13)9-22-16(24)8-6-12(21-22)11-3-4-11/h5-8,10-11,14H,3-4,9H2,1-2H3,(H,18,25)(H,20,23)/t14-/m1/s1. The van der Waals surface area contributed by atoms with Gasteiger partial charge < -0.3 is 5.32 Å². The van der Waals surface area contributed by atoms with Crippen LogP contribution in [-0.2, 0) is 6.54 Å². The third kappa shape index (κ3) is 4.20. The second-order valence-corrected chi connectivity index (χ2v) is 6.68. The van der Waals surface area contributed by atoms with Crippen molar-refractivity contribution < 1.29 is 4.79 Å². The summed E-state index contributed by atoms with van der Waals surface area (Å²) in [5, 5.41) is 13.3. The van der Waals surface area contributed by atoms with Crippen molar-refractivity contribution in [2.45, 2.75) is 45.2 Å². The van der Waals surface area contributed by atoms with Crippen molar-refractivity contribution in [3.8, 4) is 0 Å². The molecule has 2 aromatic heterocycles. The minimum Gasteiger partial charge on any atom is -0.346 e. The molecule has 0 radical (unpaired) electrons. The lowest BCUT2D eigenvalue weighted by atomic mass is 10.0. The number of H-pyrrole nitrogens is 1. The van der Waals surface area contributed by atoms with Gasteiger partial charge in [0.1, 0.15) is 5.69 Å². The van der Waals surface area contributed by atoms with E-state index >= 15 is 0 Å². The largest absolute Gasteiger partial charge is 0.346 e. The van der Waals surface area contributed by atoms with Crippen LogP contribution in [0.2, 0.25) is 0 Å². The number of carbonyl (C=O) groups excluding carboxylic acids is 1. The van der Waals surface area contributed by atoms with E-state index < -0.39 is 5.91 Å². The molecule has 2 heterocycles. The Morgan fingerprint density at radius 1 is 1.28 bits per heavy atom. The highest BCUT2D eigenvalue weighted by atomic mass is 16.2. The van der Waals surface area contributed by atoms with Crippen LogP contribution in [0.5, 0.6) is 0 Å². The first kappa shape index (κ1) is 17.1. The molecule has 1 saturated carbocycles. The number of aromatic amines is 1. The number of nitrogens with one attached hydrogen (secondary N) is 2. The molecule has 8 nitrogen and oxygen atoms in total. The molecule has 2 aromatic rings. The first-order valence-electron chi connectivity index (χ1n) is 8.38. The van der Waals surface area contributed by atoms with Gasteiger partial charge >= 0.3 is 0 Å². The van der Waals surface area contributed by atoms with E-state index in [2.05, 4.69) is 20.6 Å². The molecule has 0 unspecified atom stereocenters. The lowest BCUT2D eigenvalue weighted by molar-refractivity contribution is 0.0912. The summed E-state index contributed by atoms with van der Waals surface area (Å²) in [6.45, 7) is 4.20. The Morgan fingerprint density at radius 2 is 2.04 bits per heavy atom. The fraction of sp³-hybridized carbons (Fsp3) is 0.471. The van der Waals surface area contributed by atoms with E-state index in [4.69, 9.17) is 0 Å². The van der Waals surface area contributed by atoms with Gasteiger partial charge in [0.25, 0.3) is 17.0 Å². The van der Waals surface area contributed by atoms with Gasteiger partial charge in [-0.05, 0) is 30.9 Å². The van der Waals surface area contributed by atoms with Crippen molar-refractivity contribution >= 4 is 5.91 Å². The number of rotatable bonds is 6. The van der Waals surface area contributed by atoms with Crippen LogP contribution >= 0.6 is 0 Å². The van der Waals surface area contributed by atoms with Crippen LogP contribution in [-0.4, -0.2) is 31.9 Å². The van der Waals surface area contributed by atoms with Crippen molar-refractivity contribution in [1.29, 1.82) is 0 Å². The maximum Gasteiger partial charge on any atom is 0.272 e. The zero-order chi connectivity index (χ0) is 18.0. The molecule has 0 saturated heterocycles. The molecule has 1 aliphatic rings. The van der Waals surface area contributed by atoms with E-state index in [1.165, 1.54) is 22.9 Å². The molecule has 0 aromatic carbocycles. The molecule has 0 aliphatic heterocycles. The van der Waals surface area contributed by atoms with Gasteiger partial charge in [0.15, 0.2) is 0 Å². The van der Waals surface area contributed by atoms with Crippen LogP contribution < -0.4 is 16.4 Å². The number of nitrogens with zero attached hydrogens (tertiary/aromatic N) is 3. The normalized spacial score (nSPS) is 15.2. The first-order chi connectivity index (χ1) is 11.9. The van der Waals surface area contributed by atoms with Crippen LogP contribution in [0.1, 0.15) is 48.8 Å². The van der Waals surface area contributed by atoms with Crippen LogP contribution in [0.25, 0.3) is 0 Å². The van der Waals surface area contributed by atoms with Gasteiger partial charge in [0.05, 0.1) is 18.3 Å². The Kier molecular flexibility index (Phi) is 4.78. The van der Waals surface area contributed by atoms with E-state index in [1.807, 2.05) is 13.8 Å². The van der Waals surface area contributed by atoms with Crippen LogP contribution in [0.4, 0.5) is 0 Å². The fourth-order valence-corrected chi connectivity index (χ4v) is 2.52. The predicted octanol–water partition coefficient (Wildman–Crippen LogP) is 0.659. The first-order valence-corrected chi connectivity index (χ1v) is 8.38. The van der Waals surface area contributed by atoms with E-state index in [0.717, 1.165) is 18.5 Å². The Labute approximate surface area is 144 Å². The van der Waals surface area contributed by atoms with Crippen molar-refractivity contribution in [2.75, 3.05) is 0 Å². The molecule has 8 heteroatoms. The van der Waals surface area contributed by atoms with Gasteiger partial charge in [-0.1, -0.05) is 13.8 Å². The van der Waals surface area contributed by atoms with Gasteiger partial charge in [-0.2, -0.15) is 10.2 Å². The molecule has 1 fully saturated rings. The summed E-state index contributed by atoms with van der Waals surface area (Å²) < 4.78 is 1.42. The summed E-state index contributed by atoms with van der Waals surface area (Å²) >= 11 is 0. The van der Waals surface area contributed by atoms with Gasteiger partial charge in [0.2, 0.25) is 0 Å². The molecular formula is C17H21N5O3. The smallest absolute Gasteiger partial charge is 0.272 e. The zero-order valence-electron chi connectivity index (χ0n) is 14.2. The Morgan fingerprint density at radius 3 is 2.64 bits per heavy atom. The minimum atomic E-state index is -0.402. The highest BCUT2D eigenvalue weighted by molar-refractivity contribution is 5.92. The summed E-state index contributed by atoms with van der Waals surface area (Å²) in [5.74, 6) is 0.135. The summed E-state index contributed by atoms with van der Waals surface area (Å²) in [5.41, 5.74) is 0.490. The average Bonchev–Trinajstić information content (AvgIpc) is 3.41. The van der Waals surface area contributed by atoms with E-state index in [1.54, 1.807) is 6.07 Å². The second kappa shape index (κ2) is 7.00. The third-order valence-electron chi connectivity index (χ3n) is 4.29. The van der Waals surface area contributed by atoms with Crippen molar-refractivity contribution in [1.82, 2.24) is 25.3 Å². The topological polar surface area (TPSA) is 110 Å². The fourth-order valence-electron chi connectivity index (χ4n) is 2.52. The summed E-state index contributed by atoms with van der Waals surface area (Å²) in [6.07, 6.45) is 2.21.